The fourth-order valence-corrected chi connectivity index (χ4v) is 1.19. The summed E-state index contributed by atoms with van der Waals surface area (Å²) in [5.74, 6) is 0.138. The van der Waals surface area contributed by atoms with E-state index in [2.05, 4.69) is 0 Å². The molecular formula is C10H10ClNO2. The van der Waals surface area contributed by atoms with Crippen LogP contribution in [0.4, 0.5) is 0 Å². The van der Waals surface area contributed by atoms with Crippen LogP contribution in [0.2, 0.25) is 5.02 Å². The van der Waals surface area contributed by atoms with E-state index >= 15 is 0 Å². The Morgan fingerprint density at radius 3 is 2.86 bits per heavy atom. The minimum absolute atomic E-state index is 0.507. The van der Waals surface area contributed by atoms with E-state index in [1.165, 1.54) is 6.08 Å². The third kappa shape index (κ3) is 2.78. The van der Waals surface area contributed by atoms with E-state index < -0.39 is 5.91 Å². The van der Waals surface area contributed by atoms with Gasteiger partial charge in [-0.2, -0.15) is 0 Å². The van der Waals surface area contributed by atoms with E-state index in [0.717, 1.165) is 5.56 Å². The van der Waals surface area contributed by atoms with E-state index in [-0.39, 0.29) is 0 Å². The van der Waals surface area contributed by atoms with Gasteiger partial charge in [0.15, 0.2) is 0 Å². The van der Waals surface area contributed by atoms with Gasteiger partial charge in [0, 0.05) is 16.7 Å². The molecule has 1 aromatic rings. The average molecular weight is 212 g/mol. The number of rotatable bonds is 3. The summed E-state index contributed by atoms with van der Waals surface area (Å²) in [4.78, 5) is 10.5. The number of carbonyl (C=O) groups excluding carboxylic acids is 1. The predicted octanol–water partition coefficient (Wildman–Crippen LogP) is 1.85. The zero-order valence-corrected chi connectivity index (χ0v) is 8.41. The first kappa shape index (κ1) is 10.6. The number of ether oxygens (including phenoxy) is 1. The molecule has 1 rings (SSSR count). The van der Waals surface area contributed by atoms with E-state index in [9.17, 15) is 4.79 Å². The van der Waals surface area contributed by atoms with Crippen LogP contribution in [0, 0.1) is 0 Å². The van der Waals surface area contributed by atoms with Gasteiger partial charge in [0.2, 0.25) is 5.91 Å². The van der Waals surface area contributed by atoms with Crippen molar-refractivity contribution >= 4 is 23.6 Å². The molecular weight excluding hydrogens is 202 g/mol. The number of methoxy groups -OCH3 is 1. The van der Waals surface area contributed by atoms with Crippen molar-refractivity contribution in [2.45, 2.75) is 0 Å². The molecule has 0 aliphatic rings. The molecule has 1 amide bonds. The van der Waals surface area contributed by atoms with Gasteiger partial charge in [-0.25, -0.2) is 0 Å². The van der Waals surface area contributed by atoms with Crippen LogP contribution in [0.3, 0.4) is 0 Å². The lowest BCUT2D eigenvalue weighted by molar-refractivity contribution is -0.113. The summed E-state index contributed by atoms with van der Waals surface area (Å²) in [6.07, 6.45) is 2.82. The van der Waals surface area contributed by atoms with Crippen molar-refractivity contribution < 1.29 is 9.53 Å². The molecule has 0 radical (unpaired) electrons. The highest BCUT2D eigenvalue weighted by Gasteiger charge is 2.00. The van der Waals surface area contributed by atoms with Crippen LogP contribution in [-0.2, 0) is 4.79 Å². The lowest BCUT2D eigenvalue weighted by Crippen LogP contribution is -2.05. The molecule has 0 fully saturated rings. The summed E-state index contributed by atoms with van der Waals surface area (Å²) in [6.45, 7) is 0. The average Bonchev–Trinajstić information content (AvgIpc) is 2.15. The Hall–Kier alpha value is -1.48. The summed E-state index contributed by atoms with van der Waals surface area (Å²) < 4.78 is 5.07. The zero-order chi connectivity index (χ0) is 10.6. The Balaban J connectivity index is 3.04. The van der Waals surface area contributed by atoms with Gasteiger partial charge in [-0.3, -0.25) is 4.79 Å². The molecule has 2 N–H and O–H groups in total. The van der Waals surface area contributed by atoms with E-state index in [0.29, 0.717) is 10.8 Å². The fourth-order valence-electron chi connectivity index (χ4n) is 1.01. The largest absolute Gasteiger partial charge is 0.496 e. The smallest absolute Gasteiger partial charge is 0.241 e. The Morgan fingerprint density at radius 1 is 1.57 bits per heavy atom. The van der Waals surface area contributed by atoms with Gasteiger partial charge in [0.1, 0.15) is 5.75 Å². The number of nitrogens with two attached hydrogens (primary N) is 1. The molecule has 0 saturated carbocycles. The molecule has 0 atom stereocenters. The van der Waals surface area contributed by atoms with Crippen LogP contribution in [0.25, 0.3) is 6.08 Å². The summed E-state index contributed by atoms with van der Waals surface area (Å²) in [6, 6.07) is 5.13. The molecule has 0 aliphatic heterocycles. The second kappa shape index (κ2) is 4.67. The van der Waals surface area contributed by atoms with Crippen molar-refractivity contribution in [3.8, 4) is 5.75 Å². The normalized spacial score (nSPS) is 10.4. The Bertz CT molecular complexity index is 374. The van der Waals surface area contributed by atoms with Gasteiger partial charge in [-0.1, -0.05) is 11.6 Å². The lowest BCUT2D eigenvalue weighted by atomic mass is 10.2. The molecule has 0 unspecified atom stereocenters. The lowest BCUT2D eigenvalue weighted by Gasteiger charge is -2.04. The van der Waals surface area contributed by atoms with E-state index in [1.807, 2.05) is 0 Å². The molecule has 0 spiro atoms. The first-order valence-corrected chi connectivity index (χ1v) is 4.32. The van der Waals surface area contributed by atoms with Gasteiger partial charge < -0.3 is 10.5 Å². The van der Waals surface area contributed by atoms with Crippen LogP contribution in [0.1, 0.15) is 5.56 Å². The molecule has 0 heterocycles. The van der Waals surface area contributed by atoms with Crippen LogP contribution in [0.15, 0.2) is 24.3 Å². The van der Waals surface area contributed by atoms with Gasteiger partial charge in [0.25, 0.3) is 0 Å². The maximum atomic E-state index is 10.5. The second-order valence-corrected chi connectivity index (χ2v) is 3.06. The SMILES string of the molecule is COc1ccc(Cl)cc1/C=C/C(N)=O. The summed E-state index contributed by atoms with van der Waals surface area (Å²) >= 11 is 5.78. The molecule has 0 saturated heterocycles. The number of amides is 1. The number of benzene rings is 1. The minimum atomic E-state index is -0.507. The van der Waals surface area contributed by atoms with Crippen LogP contribution in [0.5, 0.6) is 5.75 Å². The Kier molecular flexibility index (Phi) is 3.54. The van der Waals surface area contributed by atoms with Gasteiger partial charge in [-0.05, 0) is 24.3 Å². The zero-order valence-electron chi connectivity index (χ0n) is 7.66. The van der Waals surface area contributed by atoms with Crippen molar-refractivity contribution in [3.05, 3.63) is 34.9 Å². The maximum Gasteiger partial charge on any atom is 0.241 e. The maximum absolute atomic E-state index is 10.5. The Morgan fingerprint density at radius 2 is 2.29 bits per heavy atom. The molecule has 0 bridgehead atoms. The van der Waals surface area contributed by atoms with Crippen molar-refractivity contribution in [3.63, 3.8) is 0 Å². The third-order valence-electron chi connectivity index (χ3n) is 1.62. The van der Waals surface area contributed by atoms with Crippen molar-refractivity contribution in [1.29, 1.82) is 0 Å². The van der Waals surface area contributed by atoms with Crippen molar-refractivity contribution in [2.75, 3.05) is 7.11 Å². The molecule has 1 aromatic carbocycles. The standard InChI is InChI=1S/C10H10ClNO2/c1-14-9-4-3-8(11)6-7(9)2-5-10(12)13/h2-6H,1H3,(H2,12,13)/b5-2+. The number of halogens is 1. The first-order chi connectivity index (χ1) is 6.63. The predicted molar refractivity (Wildman–Crippen MR) is 56.2 cm³/mol. The molecule has 14 heavy (non-hydrogen) atoms. The summed E-state index contributed by atoms with van der Waals surface area (Å²) in [7, 11) is 1.55. The van der Waals surface area contributed by atoms with E-state index in [1.54, 1.807) is 31.4 Å². The van der Waals surface area contributed by atoms with Gasteiger partial charge in [0.05, 0.1) is 7.11 Å². The van der Waals surface area contributed by atoms with E-state index in [4.69, 9.17) is 22.1 Å². The highest BCUT2D eigenvalue weighted by Crippen LogP contribution is 2.23. The molecule has 0 aliphatic carbocycles. The first-order valence-electron chi connectivity index (χ1n) is 3.94. The van der Waals surface area contributed by atoms with Gasteiger partial charge >= 0.3 is 0 Å². The van der Waals surface area contributed by atoms with Crippen molar-refractivity contribution in [2.24, 2.45) is 5.73 Å². The molecule has 3 nitrogen and oxygen atoms in total. The fraction of sp³-hybridized carbons (Fsp3) is 0.100. The summed E-state index contributed by atoms with van der Waals surface area (Å²) in [5, 5.41) is 0.579. The second-order valence-electron chi connectivity index (χ2n) is 2.62. The quantitative estimate of drug-likeness (QED) is 0.776. The van der Waals surface area contributed by atoms with Crippen LogP contribution < -0.4 is 10.5 Å². The van der Waals surface area contributed by atoms with Crippen LogP contribution >= 0.6 is 11.6 Å². The minimum Gasteiger partial charge on any atom is -0.496 e. The molecule has 74 valence electrons. The number of carbonyl (C=O) groups is 1. The highest BCUT2D eigenvalue weighted by molar-refractivity contribution is 6.30. The Labute approximate surface area is 87.1 Å². The highest BCUT2D eigenvalue weighted by atomic mass is 35.5. The monoisotopic (exact) mass is 211 g/mol. The molecule has 4 heteroatoms. The number of hydrogen-bond acceptors (Lipinski definition) is 2. The summed E-state index contributed by atoms with van der Waals surface area (Å²) in [5.41, 5.74) is 5.69. The van der Waals surface area contributed by atoms with Gasteiger partial charge in [-0.15, -0.1) is 0 Å². The third-order valence-corrected chi connectivity index (χ3v) is 1.85. The number of primary amides is 1. The van der Waals surface area contributed by atoms with Crippen LogP contribution in [-0.4, -0.2) is 13.0 Å². The molecule has 0 aromatic heterocycles. The topological polar surface area (TPSA) is 52.3 Å². The van der Waals surface area contributed by atoms with Crippen molar-refractivity contribution in [1.82, 2.24) is 0 Å². The number of hydrogen-bond donors (Lipinski definition) is 1.